The summed E-state index contributed by atoms with van der Waals surface area (Å²) in [7, 11) is 1.63. The van der Waals surface area contributed by atoms with E-state index >= 15 is 0 Å². The van der Waals surface area contributed by atoms with Gasteiger partial charge < -0.3 is 10.2 Å². The number of hydrogen-bond donors (Lipinski definition) is 1. The lowest BCUT2D eigenvalue weighted by Gasteiger charge is -2.37. The van der Waals surface area contributed by atoms with Gasteiger partial charge in [0.25, 0.3) is 5.91 Å². The number of pyridine rings is 1. The first-order valence-electron chi connectivity index (χ1n) is 6.79. The van der Waals surface area contributed by atoms with Gasteiger partial charge in [-0.1, -0.05) is 0 Å². The molecule has 19 heavy (non-hydrogen) atoms. The summed E-state index contributed by atoms with van der Waals surface area (Å²) in [5.74, 6) is 0.861. The molecular formula is C14H22N4O. The molecule has 1 N–H and O–H groups in total. The van der Waals surface area contributed by atoms with Crippen molar-refractivity contribution in [1.82, 2.24) is 15.2 Å². The maximum absolute atomic E-state index is 11.4. The number of amides is 1. The lowest BCUT2D eigenvalue weighted by atomic mass is 10.2. The summed E-state index contributed by atoms with van der Waals surface area (Å²) >= 11 is 0. The lowest BCUT2D eigenvalue weighted by Crippen LogP contribution is -2.49. The van der Waals surface area contributed by atoms with Crippen molar-refractivity contribution in [2.45, 2.75) is 19.9 Å². The van der Waals surface area contributed by atoms with E-state index in [0.29, 0.717) is 11.6 Å². The molecule has 104 valence electrons. The van der Waals surface area contributed by atoms with Crippen LogP contribution in [0.5, 0.6) is 0 Å². The van der Waals surface area contributed by atoms with Crippen molar-refractivity contribution in [3.63, 3.8) is 0 Å². The number of anilines is 1. The molecule has 0 radical (unpaired) electrons. The number of nitrogens with zero attached hydrogens (tertiary/aromatic N) is 3. The zero-order chi connectivity index (χ0) is 13.8. The molecule has 0 saturated carbocycles. The van der Waals surface area contributed by atoms with Gasteiger partial charge in [0, 0.05) is 45.5 Å². The molecule has 1 aromatic heterocycles. The van der Waals surface area contributed by atoms with Gasteiger partial charge in [-0.05, 0) is 26.0 Å². The quantitative estimate of drug-likeness (QED) is 0.882. The SMILES string of the molecule is CNC(=O)c1ccc(N2CCN(C(C)C)CC2)nc1. The van der Waals surface area contributed by atoms with E-state index in [2.05, 4.69) is 33.9 Å². The fourth-order valence-corrected chi connectivity index (χ4v) is 2.32. The molecule has 1 aromatic rings. The molecule has 0 spiro atoms. The summed E-state index contributed by atoms with van der Waals surface area (Å²) in [4.78, 5) is 20.6. The van der Waals surface area contributed by atoms with Gasteiger partial charge in [-0.25, -0.2) is 4.98 Å². The molecule has 0 unspecified atom stereocenters. The topological polar surface area (TPSA) is 48.5 Å². The molecule has 1 aliphatic heterocycles. The second kappa shape index (κ2) is 6.02. The fourth-order valence-electron chi connectivity index (χ4n) is 2.32. The minimum Gasteiger partial charge on any atom is -0.355 e. The zero-order valence-corrected chi connectivity index (χ0v) is 11.9. The largest absolute Gasteiger partial charge is 0.355 e. The molecule has 2 rings (SSSR count). The highest BCUT2D eigenvalue weighted by atomic mass is 16.1. The van der Waals surface area contributed by atoms with Crippen LogP contribution < -0.4 is 10.2 Å². The van der Waals surface area contributed by atoms with E-state index in [1.54, 1.807) is 13.2 Å². The van der Waals surface area contributed by atoms with E-state index in [1.807, 2.05) is 12.1 Å². The maximum Gasteiger partial charge on any atom is 0.252 e. The monoisotopic (exact) mass is 262 g/mol. The highest BCUT2D eigenvalue weighted by Crippen LogP contribution is 2.15. The molecular weight excluding hydrogens is 240 g/mol. The molecule has 5 nitrogen and oxygen atoms in total. The van der Waals surface area contributed by atoms with Crippen LogP contribution in [0.15, 0.2) is 18.3 Å². The van der Waals surface area contributed by atoms with Gasteiger partial charge in [-0.2, -0.15) is 0 Å². The number of carbonyl (C=O) groups excluding carboxylic acids is 1. The van der Waals surface area contributed by atoms with E-state index in [4.69, 9.17) is 0 Å². The van der Waals surface area contributed by atoms with Crippen LogP contribution in [0.2, 0.25) is 0 Å². The van der Waals surface area contributed by atoms with Gasteiger partial charge in [-0.3, -0.25) is 9.69 Å². The molecule has 5 heteroatoms. The first-order chi connectivity index (χ1) is 9.11. The predicted molar refractivity (Wildman–Crippen MR) is 76.5 cm³/mol. The second-order valence-electron chi connectivity index (χ2n) is 5.10. The van der Waals surface area contributed by atoms with Gasteiger partial charge in [0.1, 0.15) is 5.82 Å². The summed E-state index contributed by atoms with van der Waals surface area (Å²) in [6, 6.07) is 4.36. The van der Waals surface area contributed by atoms with Gasteiger partial charge in [0.05, 0.1) is 5.56 Å². The molecule has 0 aliphatic carbocycles. The van der Waals surface area contributed by atoms with Crippen molar-refractivity contribution in [2.24, 2.45) is 0 Å². The summed E-state index contributed by atoms with van der Waals surface area (Å²) in [5.41, 5.74) is 0.604. The Bertz CT molecular complexity index is 422. The molecule has 0 bridgehead atoms. The summed E-state index contributed by atoms with van der Waals surface area (Å²) in [5, 5.41) is 2.60. The molecule has 0 atom stereocenters. The Kier molecular flexibility index (Phi) is 4.37. The molecule has 1 saturated heterocycles. The van der Waals surface area contributed by atoms with Crippen molar-refractivity contribution >= 4 is 11.7 Å². The van der Waals surface area contributed by atoms with Crippen molar-refractivity contribution in [2.75, 3.05) is 38.1 Å². The molecule has 2 heterocycles. The fraction of sp³-hybridized carbons (Fsp3) is 0.571. The Balaban J connectivity index is 1.98. The maximum atomic E-state index is 11.4. The van der Waals surface area contributed by atoms with Crippen LogP contribution in [0.1, 0.15) is 24.2 Å². The van der Waals surface area contributed by atoms with Crippen molar-refractivity contribution in [3.05, 3.63) is 23.9 Å². The third kappa shape index (κ3) is 3.23. The molecule has 1 amide bonds. The van der Waals surface area contributed by atoms with Gasteiger partial charge >= 0.3 is 0 Å². The van der Waals surface area contributed by atoms with Gasteiger partial charge in [0.15, 0.2) is 0 Å². The van der Waals surface area contributed by atoms with Crippen LogP contribution in [0.4, 0.5) is 5.82 Å². The van der Waals surface area contributed by atoms with Crippen LogP contribution in [0, 0.1) is 0 Å². The van der Waals surface area contributed by atoms with Crippen LogP contribution in [-0.2, 0) is 0 Å². The third-order valence-electron chi connectivity index (χ3n) is 3.61. The number of nitrogens with one attached hydrogen (secondary N) is 1. The Morgan fingerprint density at radius 3 is 2.42 bits per heavy atom. The Morgan fingerprint density at radius 1 is 1.26 bits per heavy atom. The van der Waals surface area contributed by atoms with Crippen LogP contribution >= 0.6 is 0 Å². The number of carbonyl (C=O) groups is 1. The normalized spacial score (nSPS) is 16.7. The first kappa shape index (κ1) is 13.8. The molecule has 0 aromatic carbocycles. The average molecular weight is 262 g/mol. The van der Waals surface area contributed by atoms with E-state index in [0.717, 1.165) is 32.0 Å². The van der Waals surface area contributed by atoms with Crippen LogP contribution in [-0.4, -0.2) is 55.1 Å². The van der Waals surface area contributed by atoms with Crippen molar-refractivity contribution < 1.29 is 4.79 Å². The predicted octanol–water partition coefficient (Wildman–Crippen LogP) is 0.972. The zero-order valence-electron chi connectivity index (χ0n) is 11.9. The van der Waals surface area contributed by atoms with Gasteiger partial charge in [0.2, 0.25) is 0 Å². The molecule has 1 aliphatic rings. The minimum atomic E-state index is -0.0938. The van der Waals surface area contributed by atoms with Crippen LogP contribution in [0.3, 0.4) is 0 Å². The Morgan fingerprint density at radius 2 is 1.95 bits per heavy atom. The van der Waals surface area contributed by atoms with Crippen molar-refractivity contribution in [1.29, 1.82) is 0 Å². The third-order valence-corrected chi connectivity index (χ3v) is 3.61. The highest BCUT2D eigenvalue weighted by Gasteiger charge is 2.19. The number of rotatable bonds is 3. The average Bonchev–Trinajstić information content (AvgIpc) is 2.46. The number of piperazine rings is 1. The Labute approximate surface area is 114 Å². The lowest BCUT2D eigenvalue weighted by molar-refractivity contribution is 0.0962. The van der Waals surface area contributed by atoms with E-state index < -0.39 is 0 Å². The van der Waals surface area contributed by atoms with E-state index in [9.17, 15) is 4.79 Å². The minimum absolute atomic E-state index is 0.0938. The number of hydrogen-bond acceptors (Lipinski definition) is 4. The van der Waals surface area contributed by atoms with Crippen LogP contribution in [0.25, 0.3) is 0 Å². The van der Waals surface area contributed by atoms with Gasteiger partial charge in [-0.15, -0.1) is 0 Å². The summed E-state index contributed by atoms with van der Waals surface area (Å²) in [6.07, 6.45) is 1.64. The van der Waals surface area contributed by atoms with E-state index in [1.165, 1.54) is 0 Å². The van der Waals surface area contributed by atoms with Crippen molar-refractivity contribution in [3.8, 4) is 0 Å². The summed E-state index contributed by atoms with van der Waals surface area (Å²) < 4.78 is 0. The molecule has 1 fully saturated rings. The highest BCUT2D eigenvalue weighted by molar-refractivity contribution is 5.93. The number of aromatic nitrogens is 1. The Hall–Kier alpha value is -1.62. The second-order valence-corrected chi connectivity index (χ2v) is 5.10. The summed E-state index contributed by atoms with van der Waals surface area (Å²) in [6.45, 7) is 8.57. The first-order valence-corrected chi connectivity index (χ1v) is 6.79. The standard InChI is InChI=1S/C14H22N4O/c1-11(2)17-6-8-18(9-7-17)13-5-4-12(10-16-13)14(19)15-3/h4-5,10-11H,6-9H2,1-3H3,(H,15,19). The van der Waals surface area contributed by atoms with E-state index in [-0.39, 0.29) is 5.91 Å². The smallest absolute Gasteiger partial charge is 0.252 e.